The molecule has 0 saturated carbocycles. The summed E-state index contributed by atoms with van der Waals surface area (Å²) in [6.07, 6.45) is 9.88. The second-order valence-corrected chi connectivity index (χ2v) is 5.35. The Bertz CT molecular complexity index is 316. The van der Waals surface area contributed by atoms with Crippen LogP contribution in [0, 0.1) is 11.3 Å². The lowest BCUT2D eigenvalue weighted by Crippen LogP contribution is -2.26. The molecular weight excluding hydrogens is 206 g/mol. The standard InChI is InChI=1S/C16H27N/c1-6-9-16(10-7-2)13(4)12-15(14(16)5)17-11-8-3/h8,11,13H,3,6-7,9-10,12H2,1-2,4-5H3/b17-11-. The molecule has 1 atom stereocenters. The molecule has 1 heteroatoms. The van der Waals surface area contributed by atoms with Crippen molar-refractivity contribution in [1.29, 1.82) is 0 Å². The first-order chi connectivity index (χ1) is 8.12. The van der Waals surface area contributed by atoms with Crippen LogP contribution in [0.2, 0.25) is 0 Å². The van der Waals surface area contributed by atoms with Crippen molar-refractivity contribution in [2.45, 2.75) is 59.8 Å². The number of nitrogens with zero attached hydrogens (tertiary/aromatic N) is 1. The maximum absolute atomic E-state index is 4.57. The highest BCUT2D eigenvalue weighted by Crippen LogP contribution is 2.53. The van der Waals surface area contributed by atoms with Crippen molar-refractivity contribution in [1.82, 2.24) is 0 Å². The van der Waals surface area contributed by atoms with E-state index in [4.69, 9.17) is 0 Å². The molecule has 0 heterocycles. The van der Waals surface area contributed by atoms with Crippen molar-refractivity contribution >= 4 is 6.21 Å². The molecular formula is C16H27N. The van der Waals surface area contributed by atoms with E-state index in [1.807, 2.05) is 6.21 Å². The van der Waals surface area contributed by atoms with Gasteiger partial charge in [0.2, 0.25) is 0 Å². The average Bonchev–Trinajstić information content (AvgIpc) is 2.53. The van der Waals surface area contributed by atoms with Crippen LogP contribution in [0.3, 0.4) is 0 Å². The Hall–Kier alpha value is -0.850. The molecule has 0 saturated heterocycles. The molecule has 0 aromatic carbocycles. The lowest BCUT2D eigenvalue weighted by molar-refractivity contribution is 0.208. The van der Waals surface area contributed by atoms with Gasteiger partial charge in [-0.1, -0.05) is 46.3 Å². The topological polar surface area (TPSA) is 12.4 Å². The molecule has 1 nitrogen and oxygen atoms in total. The van der Waals surface area contributed by atoms with Gasteiger partial charge in [-0.05, 0) is 43.1 Å². The van der Waals surface area contributed by atoms with Crippen LogP contribution in [0.1, 0.15) is 59.8 Å². The zero-order chi connectivity index (χ0) is 12.9. The van der Waals surface area contributed by atoms with Crippen LogP contribution in [0.5, 0.6) is 0 Å². The van der Waals surface area contributed by atoms with Crippen molar-refractivity contribution in [3.05, 3.63) is 23.9 Å². The summed E-state index contributed by atoms with van der Waals surface area (Å²) >= 11 is 0. The number of hydrogen-bond acceptors (Lipinski definition) is 1. The normalized spacial score (nSPS) is 23.6. The van der Waals surface area contributed by atoms with Crippen molar-refractivity contribution in [2.24, 2.45) is 16.3 Å². The molecule has 0 aliphatic heterocycles. The summed E-state index contributed by atoms with van der Waals surface area (Å²) < 4.78 is 0. The Morgan fingerprint density at radius 2 is 1.94 bits per heavy atom. The molecule has 17 heavy (non-hydrogen) atoms. The third-order valence-electron chi connectivity index (χ3n) is 4.35. The number of aliphatic imine (C=N–C) groups is 1. The largest absolute Gasteiger partial charge is 0.261 e. The van der Waals surface area contributed by atoms with Gasteiger partial charge in [0.15, 0.2) is 0 Å². The third-order valence-corrected chi connectivity index (χ3v) is 4.35. The predicted molar refractivity (Wildman–Crippen MR) is 77.4 cm³/mol. The maximum Gasteiger partial charge on any atom is 0.0401 e. The Morgan fingerprint density at radius 3 is 2.41 bits per heavy atom. The minimum atomic E-state index is 0.414. The minimum Gasteiger partial charge on any atom is -0.261 e. The van der Waals surface area contributed by atoms with Gasteiger partial charge in [-0.3, -0.25) is 4.99 Å². The van der Waals surface area contributed by atoms with E-state index in [0.29, 0.717) is 5.41 Å². The Morgan fingerprint density at radius 1 is 1.35 bits per heavy atom. The van der Waals surface area contributed by atoms with Crippen LogP contribution in [0.4, 0.5) is 0 Å². The van der Waals surface area contributed by atoms with Crippen molar-refractivity contribution < 1.29 is 0 Å². The summed E-state index contributed by atoms with van der Waals surface area (Å²) in [5.41, 5.74) is 3.25. The Labute approximate surface area is 107 Å². The fraction of sp³-hybridized carbons (Fsp3) is 0.688. The van der Waals surface area contributed by atoms with Crippen LogP contribution in [0.25, 0.3) is 0 Å². The van der Waals surface area contributed by atoms with Gasteiger partial charge in [-0.2, -0.15) is 0 Å². The number of rotatable bonds is 6. The van der Waals surface area contributed by atoms with E-state index in [9.17, 15) is 0 Å². The van der Waals surface area contributed by atoms with E-state index in [-0.39, 0.29) is 0 Å². The first-order valence-corrected chi connectivity index (χ1v) is 6.97. The molecule has 0 fully saturated rings. The molecule has 1 aliphatic carbocycles. The minimum absolute atomic E-state index is 0.414. The van der Waals surface area contributed by atoms with Gasteiger partial charge >= 0.3 is 0 Å². The van der Waals surface area contributed by atoms with E-state index < -0.39 is 0 Å². The Balaban J connectivity index is 3.06. The van der Waals surface area contributed by atoms with Gasteiger partial charge < -0.3 is 0 Å². The van der Waals surface area contributed by atoms with Crippen molar-refractivity contribution in [3.8, 4) is 0 Å². The monoisotopic (exact) mass is 233 g/mol. The van der Waals surface area contributed by atoms with Crippen LogP contribution in [0.15, 0.2) is 28.9 Å². The Kier molecular flexibility index (Phi) is 5.17. The summed E-state index contributed by atoms with van der Waals surface area (Å²) in [6.45, 7) is 13.0. The fourth-order valence-electron chi connectivity index (χ4n) is 3.47. The van der Waals surface area contributed by atoms with Gasteiger partial charge in [0.05, 0.1) is 0 Å². The van der Waals surface area contributed by atoms with Crippen LogP contribution >= 0.6 is 0 Å². The van der Waals surface area contributed by atoms with Crippen LogP contribution in [-0.4, -0.2) is 6.21 Å². The maximum atomic E-state index is 4.57. The van der Waals surface area contributed by atoms with Gasteiger partial charge in [0.25, 0.3) is 0 Å². The molecule has 0 N–H and O–H groups in total. The lowest BCUT2D eigenvalue weighted by Gasteiger charge is -2.35. The second kappa shape index (κ2) is 6.18. The number of allylic oxidation sites excluding steroid dienone is 3. The van der Waals surface area contributed by atoms with E-state index in [2.05, 4.69) is 39.3 Å². The molecule has 96 valence electrons. The quantitative estimate of drug-likeness (QED) is 0.563. The van der Waals surface area contributed by atoms with E-state index in [1.54, 1.807) is 6.08 Å². The van der Waals surface area contributed by atoms with Gasteiger partial charge in [0.1, 0.15) is 0 Å². The van der Waals surface area contributed by atoms with Crippen molar-refractivity contribution in [3.63, 3.8) is 0 Å². The fourth-order valence-corrected chi connectivity index (χ4v) is 3.47. The van der Waals surface area contributed by atoms with E-state index in [0.717, 1.165) is 12.3 Å². The summed E-state index contributed by atoms with van der Waals surface area (Å²) in [4.78, 5) is 4.57. The predicted octanol–water partition coefficient (Wildman–Crippen LogP) is 5.14. The van der Waals surface area contributed by atoms with Crippen molar-refractivity contribution in [2.75, 3.05) is 0 Å². The summed E-state index contributed by atoms with van der Waals surface area (Å²) in [6, 6.07) is 0. The first-order valence-electron chi connectivity index (χ1n) is 6.97. The van der Waals surface area contributed by atoms with Gasteiger partial charge in [-0.25, -0.2) is 0 Å². The van der Waals surface area contributed by atoms with Crippen LogP contribution < -0.4 is 0 Å². The smallest absolute Gasteiger partial charge is 0.0401 e. The molecule has 0 amide bonds. The number of hydrogen-bond donors (Lipinski definition) is 0. The van der Waals surface area contributed by atoms with Gasteiger partial charge in [0, 0.05) is 11.9 Å². The summed E-state index contributed by atoms with van der Waals surface area (Å²) in [7, 11) is 0. The van der Waals surface area contributed by atoms with E-state index >= 15 is 0 Å². The SMILES string of the molecule is C=C/C=N\C1=C(C)C(CCC)(CCC)C(C)C1. The summed E-state index contributed by atoms with van der Waals surface area (Å²) in [5, 5.41) is 0. The summed E-state index contributed by atoms with van der Waals surface area (Å²) in [5.74, 6) is 0.736. The molecule has 0 aromatic heterocycles. The molecule has 1 aliphatic rings. The first kappa shape index (κ1) is 14.2. The van der Waals surface area contributed by atoms with Gasteiger partial charge in [-0.15, -0.1) is 0 Å². The highest BCUT2D eigenvalue weighted by Gasteiger charge is 2.42. The molecule has 1 rings (SSSR count). The highest BCUT2D eigenvalue weighted by molar-refractivity contribution is 5.71. The molecule has 1 unspecified atom stereocenters. The highest BCUT2D eigenvalue weighted by atomic mass is 14.8. The lowest BCUT2D eigenvalue weighted by atomic mass is 9.69. The van der Waals surface area contributed by atoms with E-state index in [1.165, 1.54) is 37.0 Å². The van der Waals surface area contributed by atoms with Crippen LogP contribution in [-0.2, 0) is 0 Å². The zero-order valence-electron chi connectivity index (χ0n) is 11.9. The molecule has 0 aromatic rings. The third kappa shape index (κ3) is 2.70. The molecule has 0 bridgehead atoms. The molecule has 0 spiro atoms. The average molecular weight is 233 g/mol. The second-order valence-electron chi connectivity index (χ2n) is 5.35. The molecule has 0 radical (unpaired) electrons. The zero-order valence-corrected chi connectivity index (χ0v) is 11.9.